The predicted molar refractivity (Wildman–Crippen MR) is 133 cm³/mol. The number of amides is 1. The van der Waals surface area contributed by atoms with Gasteiger partial charge < -0.3 is 15.4 Å². The Kier molecular flexibility index (Phi) is 6.98. The number of anilines is 1. The van der Waals surface area contributed by atoms with Crippen LogP contribution in [0.25, 0.3) is 15.8 Å². The number of ether oxygens (including phenoxy) is 1. The molecule has 4 rings (SSSR count). The number of hydrogen-bond acceptors (Lipinski definition) is 6. The van der Waals surface area contributed by atoms with Crippen LogP contribution in [0.5, 0.6) is 0 Å². The average molecular weight is 498 g/mol. The van der Waals surface area contributed by atoms with Crippen molar-refractivity contribution in [1.29, 1.82) is 0 Å². The number of thiazole rings is 1. The SMILES string of the molecule is COC(=O)[C@@H](NC(=O)C1(Nc2nc3ccc(F)cc3s2)C=CC(c2cccc(F)c2)=CC1)C(C)C. The van der Waals surface area contributed by atoms with E-state index in [9.17, 15) is 18.4 Å². The normalized spacial score (nSPS) is 18.3. The fraction of sp³-hybridized carbons (Fsp3) is 0.269. The van der Waals surface area contributed by atoms with Gasteiger partial charge in [-0.1, -0.05) is 49.5 Å². The van der Waals surface area contributed by atoms with Gasteiger partial charge in [0, 0.05) is 6.42 Å². The van der Waals surface area contributed by atoms with Gasteiger partial charge in [0.05, 0.1) is 17.3 Å². The number of benzene rings is 2. The van der Waals surface area contributed by atoms with Gasteiger partial charge in [0.2, 0.25) is 0 Å². The summed E-state index contributed by atoms with van der Waals surface area (Å²) in [6.45, 7) is 3.62. The number of aromatic nitrogens is 1. The molecule has 0 radical (unpaired) electrons. The van der Waals surface area contributed by atoms with E-state index in [1.807, 2.05) is 19.9 Å². The molecule has 3 aromatic rings. The van der Waals surface area contributed by atoms with Gasteiger partial charge >= 0.3 is 5.97 Å². The number of fused-ring (bicyclic) bond motifs is 1. The maximum Gasteiger partial charge on any atom is 0.328 e. The van der Waals surface area contributed by atoms with Gasteiger partial charge in [0.25, 0.3) is 5.91 Å². The highest BCUT2D eigenvalue weighted by molar-refractivity contribution is 7.22. The van der Waals surface area contributed by atoms with E-state index in [1.54, 1.807) is 30.4 Å². The fourth-order valence-electron chi connectivity index (χ4n) is 3.88. The Morgan fingerprint density at radius 2 is 1.91 bits per heavy atom. The minimum Gasteiger partial charge on any atom is -0.467 e. The van der Waals surface area contributed by atoms with Gasteiger partial charge in [-0.05, 0) is 53.5 Å². The Hall–Kier alpha value is -3.59. The summed E-state index contributed by atoms with van der Waals surface area (Å²) < 4.78 is 32.9. The van der Waals surface area contributed by atoms with E-state index in [4.69, 9.17) is 4.74 Å². The number of allylic oxidation sites excluding steroid dienone is 2. The molecule has 1 aliphatic carbocycles. The second-order valence-electron chi connectivity index (χ2n) is 8.65. The van der Waals surface area contributed by atoms with E-state index >= 15 is 0 Å². The highest BCUT2D eigenvalue weighted by Crippen LogP contribution is 2.34. The van der Waals surface area contributed by atoms with Gasteiger partial charge in [0.15, 0.2) is 5.13 Å². The van der Waals surface area contributed by atoms with Crippen LogP contribution in [0.3, 0.4) is 0 Å². The highest BCUT2D eigenvalue weighted by atomic mass is 32.1. The van der Waals surface area contributed by atoms with Crippen LogP contribution in [0.4, 0.5) is 13.9 Å². The fourth-order valence-corrected chi connectivity index (χ4v) is 4.85. The quantitative estimate of drug-likeness (QED) is 0.445. The Balaban J connectivity index is 1.68. The molecule has 0 fully saturated rings. The Morgan fingerprint density at radius 1 is 1.14 bits per heavy atom. The van der Waals surface area contributed by atoms with Gasteiger partial charge in [0.1, 0.15) is 23.2 Å². The van der Waals surface area contributed by atoms with Crippen molar-refractivity contribution in [3.63, 3.8) is 0 Å². The molecule has 1 aromatic heterocycles. The molecular formula is C26H25F2N3O3S. The van der Waals surface area contributed by atoms with Crippen molar-refractivity contribution in [3.05, 3.63) is 77.9 Å². The molecule has 1 amide bonds. The van der Waals surface area contributed by atoms with Crippen LogP contribution in [0, 0.1) is 17.6 Å². The molecule has 0 saturated heterocycles. The predicted octanol–water partition coefficient (Wildman–Crippen LogP) is 5.08. The highest BCUT2D eigenvalue weighted by Gasteiger charge is 2.40. The summed E-state index contributed by atoms with van der Waals surface area (Å²) in [4.78, 5) is 30.4. The van der Waals surface area contributed by atoms with Crippen LogP contribution in [0.1, 0.15) is 25.8 Å². The molecule has 35 heavy (non-hydrogen) atoms. The zero-order chi connectivity index (χ0) is 25.2. The molecule has 1 heterocycles. The first-order valence-electron chi connectivity index (χ1n) is 11.1. The smallest absolute Gasteiger partial charge is 0.328 e. The Labute approximate surface area is 205 Å². The lowest BCUT2D eigenvalue weighted by Crippen LogP contribution is -2.57. The molecule has 6 nitrogen and oxygen atoms in total. The molecule has 0 aliphatic heterocycles. The summed E-state index contributed by atoms with van der Waals surface area (Å²) in [6.07, 6.45) is 5.46. The minimum absolute atomic E-state index is 0.206. The second-order valence-corrected chi connectivity index (χ2v) is 9.68. The van der Waals surface area contributed by atoms with E-state index in [-0.39, 0.29) is 24.0 Å². The number of esters is 1. The minimum atomic E-state index is -1.29. The third-order valence-corrected chi connectivity index (χ3v) is 6.78. The molecular weight excluding hydrogens is 472 g/mol. The lowest BCUT2D eigenvalue weighted by molar-refractivity contribution is -0.146. The first-order chi connectivity index (χ1) is 16.7. The van der Waals surface area contributed by atoms with Crippen molar-refractivity contribution in [1.82, 2.24) is 10.3 Å². The van der Waals surface area contributed by atoms with Crippen molar-refractivity contribution in [2.45, 2.75) is 31.8 Å². The van der Waals surface area contributed by atoms with Crippen molar-refractivity contribution < 1.29 is 23.1 Å². The number of hydrogen-bond donors (Lipinski definition) is 2. The number of methoxy groups -OCH3 is 1. The zero-order valence-electron chi connectivity index (χ0n) is 19.5. The molecule has 0 bridgehead atoms. The number of nitrogens with one attached hydrogen (secondary N) is 2. The van der Waals surface area contributed by atoms with Crippen LogP contribution in [-0.4, -0.2) is 35.6 Å². The van der Waals surface area contributed by atoms with Crippen molar-refractivity contribution in [2.24, 2.45) is 5.92 Å². The maximum atomic E-state index is 13.7. The summed E-state index contributed by atoms with van der Waals surface area (Å²) in [6, 6.07) is 9.63. The Bertz CT molecular complexity index is 1330. The first-order valence-corrected chi connectivity index (χ1v) is 11.9. The first kappa shape index (κ1) is 24.5. The summed E-state index contributed by atoms with van der Waals surface area (Å²) >= 11 is 1.22. The third kappa shape index (κ3) is 5.24. The molecule has 2 atom stereocenters. The van der Waals surface area contributed by atoms with E-state index in [1.165, 1.54) is 42.7 Å². The van der Waals surface area contributed by atoms with E-state index in [2.05, 4.69) is 15.6 Å². The third-order valence-electron chi connectivity index (χ3n) is 5.84. The van der Waals surface area contributed by atoms with Crippen LogP contribution < -0.4 is 10.6 Å². The molecule has 1 unspecified atom stereocenters. The second kappa shape index (κ2) is 9.95. The largest absolute Gasteiger partial charge is 0.467 e. The van der Waals surface area contributed by atoms with E-state index < -0.39 is 23.5 Å². The van der Waals surface area contributed by atoms with E-state index in [0.29, 0.717) is 20.9 Å². The molecule has 182 valence electrons. The standard InChI is InChI=1S/C26H25F2N3O3S/c1-15(2)22(23(32)34-3)30-24(33)26(31-25-29-20-8-7-19(28)14-21(20)35-25)11-9-16(10-12-26)17-5-4-6-18(27)13-17/h4-11,13-15,22H,12H2,1-3H3,(H,29,31)(H,30,33)/t22-,26?/m0/s1. The van der Waals surface area contributed by atoms with Crippen LogP contribution in [0.2, 0.25) is 0 Å². The Morgan fingerprint density at radius 3 is 2.57 bits per heavy atom. The van der Waals surface area contributed by atoms with Crippen molar-refractivity contribution >= 4 is 44.1 Å². The monoisotopic (exact) mass is 497 g/mol. The average Bonchev–Trinajstić information content (AvgIpc) is 3.23. The number of carbonyl (C=O) groups is 2. The number of rotatable bonds is 7. The maximum absolute atomic E-state index is 13.7. The molecule has 0 saturated carbocycles. The number of nitrogens with zero attached hydrogens (tertiary/aromatic N) is 1. The van der Waals surface area contributed by atoms with Gasteiger partial charge in [-0.3, -0.25) is 4.79 Å². The van der Waals surface area contributed by atoms with Crippen LogP contribution >= 0.6 is 11.3 Å². The van der Waals surface area contributed by atoms with Gasteiger partial charge in [-0.15, -0.1) is 0 Å². The van der Waals surface area contributed by atoms with Crippen molar-refractivity contribution in [2.75, 3.05) is 12.4 Å². The van der Waals surface area contributed by atoms with Crippen LogP contribution in [0.15, 0.2) is 60.7 Å². The number of carbonyl (C=O) groups excluding carboxylic acids is 2. The summed E-state index contributed by atoms with van der Waals surface area (Å²) in [5.74, 6) is -1.94. The summed E-state index contributed by atoms with van der Waals surface area (Å²) in [7, 11) is 1.27. The van der Waals surface area contributed by atoms with Gasteiger partial charge in [-0.2, -0.15) is 0 Å². The van der Waals surface area contributed by atoms with Gasteiger partial charge in [-0.25, -0.2) is 18.6 Å². The van der Waals surface area contributed by atoms with E-state index in [0.717, 1.165) is 5.57 Å². The molecule has 2 aromatic carbocycles. The molecule has 1 aliphatic rings. The molecule has 2 N–H and O–H groups in total. The van der Waals surface area contributed by atoms with Crippen molar-refractivity contribution in [3.8, 4) is 0 Å². The lowest BCUT2D eigenvalue weighted by atomic mass is 9.85. The van der Waals surface area contributed by atoms with Crippen LogP contribution in [-0.2, 0) is 14.3 Å². The summed E-state index contributed by atoms with van der Waals surface area (Å²) in [5, 5.41) is 6.43. The summed E-state index contributed by atoms with van der Waals surface area (Å²) in [5.41, 5.74) is 0.749. The zero-order valence-corrected chi connectivity index (χ0v) is 20.3. The molecule has 0 spiro atoms. The molecule has 9 heteroatoms. The lowest BCUT2D eigenvalue weighted by Gasteiger charge is -2.34. The number of halogens is 2. The topological polar surface area (TPSA) is 80.3 Å².